The van der Waals surface area contributed by atoms with E-state index in [0.717, 1.165) is 44.3 Å². The predicted octanol–water partition coefficient (Wildman–Crippen LogP) is 1.10. The topological polar surface area (TPSA) is 34.6 Å². The highest BCUT2D eigenvalue weighted by Gasteiger charge is 2.10. The molecule has 2 rings (SSSR count). The minimum Gasteiger partial charge on any atom is -0.476 e. The maximum absolute atomic E-state index is 5.65. The molecule has 0 aliphatic carbocycles. The molecule has 1 aliphatic rings. The molecule has 1 saturated heterocycles. The first-order chi connectivity index (χ1) is 7.86. The van der Waals surface area contributed by atoms with Gasteiger partial charge in [-0.25, -0.2) is 4.98 Å². The summed E-state index contributed by atoms with van der Waals surface area (Å²) in [7, 11) is 0. The smallest absolute Gasteiger partial charge is 0.216 e. The van der Waals surface area contributed by atoms with Crippen LogP contribution in [0.4, 0.5) is 0 Å². The van der Waals surface area contributed by atoms with Crippen LogP contribution in [0.3, 0.4) is 0 Å². The summed E-state index contributed by atoms with van der Waals surface area (Å²) in [6.07, 6.45) is 1.76. The lowest BCUT2D eigenvalue weighted by Gasteiger charge is -2.26. The molecule has 0 atom stereocenters. The molecular formula is C12H18N2O2. The van der Waals surface area contributed by atoms with Crippen molar-refractivity contribution < 1.29 is 9.47 Å². The molecule has 1 aromatic rings. The molecule has 0 aromatic carbocycles. The number of nitrogens with zero attached hydrogens (tertiary/aromatic N) is 2. The van der Waals surface area contributed by atoms with E-state index < -0.39 is 0 Å². The number of aryl methyl sites for hydroxylation is 1. The molecule has 1 aromatic heterocycles. The van der Waals surface area contributed by atoms with Crippen LogP contribution in [0.25, 0.3) is 0 Å². The number of pyridine rings is 1. The second-order valence-corrected chi connectivity index (χ2v) is 3.93. The van der Waals surface area contributed by atoms with Crippen LogP contribution in [-0.2, 0) is 4.74 Å². The Bertz CT molecular complexity index is 325. The van der Waals surface area contributed by atoms with Crippen molar-refractivity contribution in [2.45, 2.75) is 6.92 Å². The molecule has 1 aliphatic heterocycles. The molecular weight excluding hydrogens is 204 g/mol. The van der Waals surface area contributed by atoms with E-state index in [0.29, 0.717) is 6.61 Å². The van der Waals surface area contributed by atoms with Crippen LogP contribution < -0.4 is 4.74 Å². The van der Waals surface area contributed by atoms with Gasteiger partial charge in [-0.15, -0.1) is 0 Å². The van der Waals surface area contributed by atoms with Crippen molar-refractivity contribution in [2.24, 2.45) is 0 Å². The highest BCUT2D eigenvalue weighted by Crippen LogP contribution is 2.11. The first-order valence-electron chi connectivity index (χ1n) is 5.71. The van der Waals surface area contributed by atoms with Gasteiger partial charge < -0.3 is 9.47 Å². The third-order valence-corrected chi connectivity index (χ3v) is 2.71. The average molecular weight is 222 g/mol. The molecule has 0 bridgehead atoms. The van der Waals surface area contributed by atoms with Crippen LogP contribution in [0, 0.1) is 6.92 Å². The van der Waals surface area contributed by atoms with Gasteiger partial charge in [0.1, 0.15) is 6.61 Å². The second-order valence-electron chi connectivity index (χ2n) is 3.93. The van der Waals surface area contributed by atoms with Gasteiger partial charge in [-0.1, -0.05) is 6.07 Å². The summed E-state index contributed by atoms with van der Waals surface area (Å²) in [6.45, 7) is 7.33. The third kappa shape index (κ3) is 3.18. The van der Waals surface area contributed by atoms with Crippen molar-refractivity contribution in [2.75, 3.05) is 39.5 Å². The van der Waals surface area contributed by atoms with Crippen molar-refractivity contribution >= 4 is 0 Å². The van der Waals surface area contributed by atoms with E-state index in [4.69, 9.17) is 9.47 Å². The molecule has 16 heavy (non-hydrogen) atoms. The van der Waals surface area contributed by atoms with Gasteiger partial charge in [-0.2, -0.15) is 0 Å². The Morgan fingerprint density at radius 2 is 2.25 bits per heavy atom. The van der Waals surface area contributed by atoms with Crippen LogP contribution in [-0.4, -0.2) is 49.3 Å². The van der Waals surface area contributed by atoms with Gasteiger partial charge in [-0.05, 0) is 13.0 Å². The maximum Gasteiger partial charge on any atom is 0.216 e. The number of ether oxygens (including phenoxy) is 2. The van der Waals surface area contributed by atoms with Gasteiger partial charge in [0.2, 0.25) is 5.88 Å². The zero-order valence-corrected chi connectivity index (χ0v) is 9.69. The fourth-order valence-electron chi connectivity index (χ4n) is 1.72. The number of hydrogen-bond donors (Lipinski definition) is 0. The van der Waals surface area contributed by atoms with Crippen LogP contribution in [0.2, 0.25) is 0 Å². The lowest BCUT2D eigenvalue weighted by Crippen LogP contribution is -2.38. The Balaban J connectivity index is 1.73. The number of morpholine rings is 1. The molecule has 0 spiro atoms. The van der Waals surface area contributed by atoms with E-state index in [1.807, 2.05) is 19.1 Å². The Kier molecular flexibility index (Phi) is 4.13. The third-order valence-electron chi connectivity index (χ3n) is 2.71. The second kappa shape index (κ2) is 5.82. The lowest BCUT2D eigenvalue weighted by molar-refractivity contribution is 0.0319. The summed E-state index contributed by atoms with van der Waals surface area (Å²) in [4.78, 5) is 6.54. The predicted molar refractivity (Wildman–Crippen MR) is 61.7 cm³/mol. The van der Waals surface area contributed by atoms with E-state index in [-0.39, 0.29) is 0 Å². The molecule has 1 fully saturated rings. The van der Waals surface area contributed by atoms with Crippen LogP contribution >= 0.6 is 0 Å². The van der Waals surface area contributed by atoms with Gasteiger partial charge in [0.25, 0.3) is 0 Å². The molecule has 2 heterocycles. The Morgan fingerprint density at radius 1 is 1.44 bits per heavy atom. The van der Waals surface area contributed by atoms with Crippen molar-refractivity contribution in [1.82, 2.24) is 9.88 Å². The van der Waals surface area contributed by atoms with Gasteiger partial charge in [-0.3, -0.25) is 4.90 Å². The van der Waals surface area contributed by atoms with Crippen LogP contribution in [0.15, 0.2) is 18.3 Å². The monoisotopic (exact) mass is 222 g/mol. The summed E-state index contributed by atoms with van der Waals surface area (Å²) < 4.78 is 10.9. The molecule has 0 radical (unpaired) electrons. The zero-order chi connectivity index (χ0) is 11.2. The number of hydrogen-bond acceptors (Lipinski definition) is 4. The minimum atomic E-state index is 0.692. The summed E-state index contributed by atoms with van der Waals surface area (Å²) >= 11 is 0. The van der Waals surface area contributed by atoms with Crippen LogP contribution in [0.5, 0.6) is 5.88 Å². The van der Waals surface area contributed by atoms with Gasteiger partial charge in [0.05, 0.1) is 13.2 Å². The van der Waals surface area contributed by atoms with Crippen LogP contribution in [0.1, 0.15) is 5.56 Å². The van der Waals surface area contributed by atoms with E-state index >= 15 is 0 Å². The van der Waals surface area contributed by atoms with Crippen molar-refractivity contribution in [1.29, 1.82) is 0 Å². The zero-order valence-electron chi connectivity index (χ0n) is 9.69. The fraction of sp³-hybridized carbons (Fsp3) is 0.583. The SMILES string of the molecule is Cc1cccnc1OCCN1CCOCC1. The average Bonchev–Trinajstić information content (AvgIpc) is 2.33. The van der Waals surface area contributed by atoms with E-state index in [1.165, 1.54) is 0 Å². The van der Waals surface area contributed by atoms with E-state index in [9.17, 15) is 0 Å². The Morgan fingerprint density at radius 3 is 3.00 bits per heavy atom. The first kappa shape index (κ1) is 11.4. The Hall–Kier alpha value is -1.13. The summed E-state index contributed by atoms with van der Waals surface area (Å²) in [6, 6.07) is 3.93. The summed E-state index contributed by atoms with van der Waals surface area (Å²) in [5, 5.41) is 0. The van der Waals surface area contributed by atoms with Gasteiger partial charge in [0.15, 0.2) is 0 Å². The largest absolute Gasteiger partial charge is 0.476 e. The van der Waals surface area contributed by atoms with Crippen molar-refractivity contribution in [3.8, 4) is 5.88 Å². The normalized spacial score (nSPS) is 17.3. The standard InChI is InChI=1S/C12H18N2O2/c1-11-3-2-4-13-12(11)16-10-7-14-5-8-15-9-6-14/h2-4H,5-10H2,1H3. The van der Waals surface area contributed by atoms with E-state index in [1.54, 1.807) is 6.20 Å². The molecule has 4 nitrogen and oxygen atoms in total. The molecule has 0 amide bonds. The number of rotatable bonds is 4. The number of aromatic nitrogens is 1. The minimum absolute atomic E-state index is 0.692. The molecule has 88 valence electrons. The lowest BCUT2D eigenvalue weighted by atomic mass is 10.3. The van der Waals surface area contributed by atoms with Gasteiger partial charge in [0, 0.05) is 31.4 Å². The first-order valence-corrected chi connectivity index (χ1v) is 5.71. The summed E-state index contributed by atoms with van der Waals surface area (Å²) in [5.41, 5.74) is 1.09. The highest BCUT2D eigenvalue weighted by atomic mass is 16.5. The molecule has 0 unspecified atom stereocenters. The van der Waals surface area contributed by atoms with Gasteiger partial charge >= 0.3 is 0 Å². The maximum atomic E-state index is 5.65. The van der Waals surface area contributed by atoms with E-state index in [2.05, 4.69) is 9.88 Å². The molecule has 0 saturated carbocycles. The van der Waals surface area contributed by atoms with Crippen molar-refractivity contribution in [3.63, 3.8) is 0 Å². The fourth-order valence-corrected chi connectivity index (χ4v) is 1.72. The summed E-state index contributed by atoms with van der Waals surface area (Å²) in [5.74, 6) is 0.746. The highest BCUT2D eigenvalue weighted by molar-refractivity contribution is 5.23. The molecule has 0 N–H and O–H groups in total. The molecule has 4 heteroatoms. The quantitative estimate of drug-likeness (QED) is 0.764. The van der Waals surface area contributed by atoms with Crippen molar-refractivity contribution in [3.05, 3.63) is 23.9 Å². The Labute approximate surface area is 96.2 Å².